The van der Waals surface area contributed by atoms with Crippen LogP contribution in [0.25, 0.3) is 0 Å². The van der Waals surface area contributed by atoms with E-state index in [1.165, 1.54) is 11.3 Å². The van der Waals surface area contributed by atoms with Gasteiger partial charge in [-0.25, -0.2) is 0 Å². The predicted molar refractivity (Wildman–Crippen MR) is 58.4 cm³/mol. The maximum Gasteiger partial charge on any atom is 0.187 e. The van der Waals surface area contributed by atoms with Crippen molar-refractivity contribution in [2.75, 3.05) is 0 Å². The van der Waals surface area contributed by atoms with E-state index in [1.807, 2.05) is 0 Å². The molecular weight excluding hydrogens is 170 g/mol. The molecule has 0 amide bonds. The van der Waals surface area contributed by atoms with E-state index in [2.05, 4.69) is 62.6 Å². The van der Waals surface area contributed by atoms with Crippen LogP contribution in [-0.4, -0.2) is 0 Å². The summed E-state index contributed by atoms with van der Waals surface area (Å²) in [5, 5.41) is 3.28. The monoisotopic (exact) mass is 187 g/mol. The number of rotatable bonds is 0. The van der Waals surface area contributed by atoms with Gasteiger partial charge in [-0.1, -0.05) is 39.0 Å². The Balaban J connectivity index is 2.46. The molecule has 0 spiro atoms. The van der Waals surface area contributed by atoms with Crippen molar-refractivity contribution in [1.82, 2.24) is 0 Å². The molecular formula is C13H17N+. The van der Waals surface area contributed by atoms with E-state index in [1.54, 1.807) is 0 Å². The molecule has 1 nitrogen and oxygen atoms in total. The summed E-state index contributed by atoms with van der Waals surface area (Å²) in [6, 6.07) is 8.53. The fraction of sp³-hybridized carbons (Fsp3) is 0.385. The zero-order chi connectivity index (χ0) is 10.2. The van der Waals surface area contributed by atoms with Crippen LogP contribution in [0.1, 0.15) is 32.3 Å². The first-order valence-electron chi connectivity index (χ1n) is 5.11. The van der Waals surface area contributed by atoms with E-state index in [9.17, 15) is 0 Å². The largest absolute Gasteiger partial charge is 0.187 e. The first kappa shape index (κ1) is 9.47. The van der Waals surface area contributed by atoms with Crippen LogP contribution in [0, 0.1) is 5.41 Å². The number of allylic oxidation sites excluding steroid dienone is 1. The number of para-hydroxylation sites is 1. The summed E-state index contributed by atoms with van der Waals surface area (Å²) in [6.45, 7) is 6.85. The molecule has 2 rings (SSSR count). The van der Waals surface area contributed by atoms with Gasteiger partial charge in [0.2, 0.25) is 0 Å². The highest BCUT2D eigenvalue weighted by Crippen LogP contribution is 2.39. The zero-order valence-electron chi connectivity index (χ0n) is 9.04. The standard InChI is InChI=1S/C13H17N/c1-13(2,3)11-8-9-14-12-7-5-4-6-10(11)12/h4-9,11,14H,1-3H3/q+1. The normalized spacial score (nSPS) is 20.6. The van der Waals surface area contributed by atoms with Crippen molar-refractivity contribution in [3.8, 4) is 0 Å². The molecule has 1 radical (unpaired) electrons. The van der Waals surface area contributed by atoms with Crippen LogP contribution in [0.2, 0.25) is 0 Å². The summed E-state index contributed by atoms with van der Waals surface area (Å²) < 4.78 is 0. The van der Waals surface area contributed by atoms with Crippen LogP contribution in [-0.2, 0) is 0 Å². The molecule has 1 N–H and O–H groups in total. The van der Waals surface area contributed by atoms with Crippen LogP contribution in [0.4, 0.5) is 5.69 Å². The second-order valence-corrected chi connectivity index (χ2v) is 4.93. The number of hydrogen-bond acceptors (Lipinski definition) is 1. The molecule has 0 aliphatic carbocycles. The Morgan fingerprint density at radius 1 is 1.14 bits per heavy atom. The summed E-state index contributed by atoms with van der Waals surface area (Å²) in [4.78, 5) is 0. The van der Waals surface area contributed by atoms with Crippen molar-refractivity contribution < 1.29 is 5.32 Å². The molecule has 1 aromatic carbocycles. The second-order valence-electron chi connectivity index (χ2n) is 4.93. The van der Waals surface area contributed by atoms with Crippen molar-refractivity contribution in [3.05, 3.63) is 42.1 Å². The molecule has 1 aliphatic rings. The van der Waals surface area contributed by atoms with E-state index < -0.39 is 0 Å². The molecule has 0 bridgehead atoms. The number of benzene rings is 1. The van der Waals surface area contributed by atoms with Crippen LogP contribution < -0.4 is 5.32 Å². The van der Waals surface area contributed by atoms with Crippen molar-refractivity contribution in [2.45, 2.75) is 26.7 Å². The van der Waals surface area contributed by atoms with E-state index in [0.29, 0.717) is 5.92 Å². The van der Waals surface area contributed by atoms with Gasteiger partial charge in [0.05, 0.1) is 0 Å². The van der Waals surface area contributed by atoms with Gasteiger partial charge >= 0.3 is 0 Å². The molecule has 1 heterocycles. The Kier molecular flexibility index (Phi) is 2.20. The number of anilines is 1. The summed E-state index contributed by atoms with van der Waals surface area (Å²) >= 11 is 0. The molecule has 0 saturated heterocycles. The second kappa shape index (κ2) is 3.25. The third-order valence-electron chi connectivity index (χ3n) is 2.76. The third kappa shape index (κ3) is 1.60. The fourth-order valence-electron chi connectivity index (χ4n) is 1.99. The molecule has 1 unspecified atom stereocenters. The van der Waals surface area contributed by atoms with Gasteiger partial charge in [-0.3, -0.25) is 0 Å². The fourth-order valence-corrected chi connectivity index (χ4v) is 1.99. The SMILES string of the molecule is CC(C)(C)C1C=C[NH+]c2ccccc21. The van der Waals surface area contributed by atoms with Crippen LogP contribution in [0.3, 0.4) is 0 Å². The molecule has 1 aromatic rings. The van der Waals surface area contributed by atoms with E-state index >= 15 is 0 Å². The van der Waals surface area contributed by atoms with Crippen molar-refractivity contribution in [2.24, 2.45) is 5.41 Å². The van der Waals surface area contributed by atoms with Gasteiger partial charge in [0.15, 0.2) is 5.69 Å². The molecule has 14 heavy (non-hydrogen) atoms. The molecule has 0 saturated carbocycles. The van der Waals surface area contributed by atoms with Gasteiger partial charge in [0, 0.05) is 17.5 Å². The van der Waals surface area contributed by atoms with E-state index in [4.69, 9.17) is 0 Å². The van der Waals surface area contributed by atoms with Gasteiger partial charge < -0.3 is 0 Å². The highest BCUT2D eigenvalue weighted by molar-refractivity contribution is 5.45. The summed E-state index contributed by atoms with van der Waals surface area (Å²) in [7, 11) is 0. The molecule has 0 aromatic heterocycles. The highest BCUT2D eigenvalue weighted by atomic mass is 14.9. The lowest BCUT2D eigenvalue weighted by Crippen LogP contribution is -2.72. The highest BCUT2D eigenvalue weighted by Gasteiger charge is 2.30. The Bertz CT molecular complexity index is 358. The van der Waals surface area contributed by atoms with Crippen molar-refractivity contribution >= 4 is 5.69 Å². The Morgan fingerprint density at radius 3 is 2.57 bits per heavy atom. The maximum atomic E-state index is 3.28. The molecule has 73 valence electrons. The van der Waals surface area contributed by atoms with Crippen molar-refractivity contribution in [3.63, 3.8) is 0 Å². The predicted octanol–water partition coefficient (Wildman–Crippen LogP) is 2.32. The first-order chi connectivity index (χ1) is 6.59. The topological polar surface area (TPSA) is 15.6 Å². The number of fused-ring (bicyclic) bond motifs is 1. The zero-order valence-corrected chi connectivity index (χ0v) is 9.04. The molecule has 1 atom stereocenters. The quantitative estimate of drug-likeness (QED) is 0.641. The van der Waals surface area contributed by atoms with Crippen LogP contribution >= 0.6 is 0 Å². The lowest BCUT2D eigenvalue weighted by atomic mass is 9.75. The van der Waals surface area contributed by atoms with E-state index in [-0.39, 0.29) is 5.41 Å². The Morgan fingerprint density at radius 2 is 1.86 bits per heavy atom. The van der Waals surface area contributed by atoms with Crippen LogP contribution in [0.5, 0.6) is 0 Å². The van der Waals surface area contributed by atoms with Gasteiger partial charge in [-0.2, -0.15) is 0 Å². The van der Waals surface area contributed by atoms with E-state index in [0.717, 1.165) is 0 Å². The number of nitrogens with one attached hydrogen (secondary N) is 1. The molecule has 1 heteroatoms. The smallest absolute Gasteiger partial charge is 0.117 e. The minimum atomic E-state index is 0.286. The third-order valence-corrected chi connectivity index (χ3v) is 2.76. The molecule has 1 aliphatic heterocycles. The molecule has 0 fully saturated rings. The lowest BCUT2D eigenvalue weighted by Gasteiger charge is -2.29. The summed E-state index contributed by atoms with van der Waals surface area (Å²) in [5.41, 5.74) is 2.94. The summed E-state index contributed by atoms with van der Waals surface area (Å²) in [5.74, 6) is 0.514. The van der Waals surface area contributed by atoms with Gasteiger partial charge in [-0.05, 0) is 11.5 Å². The van der Waals surface area contributed by atoms with Gasteiger partial charge in [0.1, 0.15) is 6.20 Å². The minimum absolute atomic E-state index is 0.286. The Labute approximate surface area is 85.8 Å². The first-order valence-corrected chi connectivity index (χ1v) is 5.11. The summed E-state index contributed by atoms with van der Waals surface area (Å²) in [6.07, 6.45) is 4.31. The Hall–Kier alpha value is -1.08. The lowest BCUT2D eigenvalue weighted by molar-refractivity contribution is -0.499. The maximum absolute atomic E-state index is 3.28. The number of hydrogen-bond donors (Lipinski definition) is 1. The van der Waals surface area contributed by atoms with Crippen molar-refractivity contribution in [1.29, 1.82) is 0 Å². The van der Waals surface area contributed by atoms with Crippen LogP contribution in [0.15, 0.2) is 36.5 Å². The minimum Gasteiger partial charge on any atom is -0.117 e. The average Bonchev–Trinajstić information content (AvgIpc) is 2.15. The average molecular weight is 187 g/mol. The van der Waals surface area contributed by atoms with Gasteiger partial charge in [-0.15, -0.1) is 5.32 Å². The van der Waals surface area contributed by atoms with Gasteiger partial charge in [0.25, 0.3) is 0 Å².